The molecule has 3 N–H and O–H groups in total. The van der Waals surface area contributed by atoms with Gasteiger partial charge >= 0.3 is 0 Å². The lowest BCUT2D eigenvalue weighted by Gasteiger charge is -2.24. The molecular weight excluding hydrogens is 218 g/mol. The van der Waals surface area contributed by atoms with E-state index in [1.165, 1.54) is 0 Å². The monoisotopic (exact) mass is 235 g/mol. The third-order valence-corrected chi connectivity index (χ3v) is 3.11. The van der Waals surface area contributed by atoms with Gasteiger partial charge in [0.15, 0.2) is 0 Å². The van der Waals surface area contributed by atoms with Crippen molar-refractivity contribution >= 4 is 11.6 Å². The molecule has 0 radical (unpaired) electrons. The zero-order valence-corrected chi connectivity index (χ0v) is 9.84. The molecule has 1 saturated heterocycles. The van der Waals surface area contributed by atoms with Crippen LogP contribution >= 0.6 is 0 Å². The Hall–Kier alpha value is -1.62. The summed E-state index contributed by atoms with van der Waals surface area (Å²) < 4.78 is 0. The Balaban J connectivity index is 2.19. The van der Waals surface area contributed by atoms with Crippen LogP contribution in [0.15, 0.2) is 18.3 Å². The number of aromatic nitrogens is 1. The maximum Gasteiger partial charge on any atom is 0.240 e. The van der Waals surface area contributed by atoms with Crippen molar-refractivity contribution in [2.75, 3.05) is 11.4 Å². The fourth-order valence-corrected chi connectivity index (χ4v) is 2.19. The highest BCUT2D eigenvalue weighted by atomic mass is 16.3. The van der Waals surface area contributed by atoms with Crippen LogP contribution in [0.3, 0.4) is 0 Å². The molecule has 5 nitrogen and oxygen atoms in total. The largest absolute Gasteiger partial charge is 0.387 e. The van der Waals surface area contributed by atoms with Gasteiger partial charge in [0.25, 0.3) is 0 Å². The van der Waals surface area contributed by atoms with Crippen molar-refractivity contribution in [2.24, 2.45) is 5.73 Å². The number of carbonyl (C=O) groups excluding carboxylic acids is 1. The molecule has 0 bridgehead atoms. The van der Waals surface area contributed by atoms with E-state index in [2.05, 4.69) is 4.98 Å². The van der Waals surface area contributed by atoms with E-state index in [4.69, 9.17) is 5.73 Å². The second-order valence-corrected chi connectivity index (χ2v) is 4.37. The molecule has 17 heavy (non-hydrogen) atoms. The number of hydrogen-bond donors (Lipinski definition) is 2. The number of anilines is 1. The van der Waals surface area contributed by atoms with Crippen LogP contribution in [0.25, 0.3) is 0 Å². The first kappa shape index (κ1) is 11.9. The van der Waals surface area contributed by atoms with E-state index < -0.39 is 6.10 Å². The summed E-state index contributed by atoms with van der Waals surface area (Å²) in [5.74, 6) is -0.290. The average Bonchev–Trinajstić information content (AvgIpc) is 2.78. The minimum atomic E-state index is -0.574. The lowest BCUT2D eigenvalue weighted by atomic mass is 10.2. The quantitative estimate of drug-likeness (QED) is 0.803. The van der Waals surface area contributed by atoms with Gasteiger partial charge in [0.2, 0.25) is 5.91 Å². The molecule has 5 heteroatoms. The van der Waals surface area contributed by atoms with E-state index >= 15 is 0 Å². The van der Waals surface area contributed by atoms with Crippen LogP contribution in [0, 0.1) is 0 Å². The van der Waals surface area contributed by atoms with E-state index in [-0.39, 0.29) is 11.9 Å². The summed E-state index contributed by atoms with van der Waals surface area (Å²) in [5, 5.41) is 9.37. The van der Waals surface area contributed by atoms with Crippen molar-refractivity contribution in [3.63, 3.8) is 0 Å². The molecule has 0 aromatic carbocycles. The van der Waals surface area contributed by atoms with Gasteiger partial charge in [-0.15, -0.1) is 0 Å². The molecular formula is C12H17N3O2. The minimum absolute atomic E-state index is 0.228. The number of primary amides is 1. The van der Waals surface area contributed by atoms with Gasteiger partial charge < -0.3 is 15.7 Å². The lowest BCUT2D eigenvalue weighted by molar-refractivity contribution is -0.119. The van der Waals surface area contributed by atoms with Crippen molar-refractivity contribution in [2.45, 2.75) is 31.9 Å². The Morgan fingerprint density at radius 2 is 2.41 bits per heavy atom. The van der Waals surface area contributed by atoms with Crippen LogP contribution in [0.5, 0.6) is 0 Å². The number of rotatable bonds is 3. The normalized spacial score (nSPS) is 21.5. The minimum Gasteiger partial charge on any atom is -0.387 e. The van der Waals surface area contributed by atoms with Gasteiger partial charge in [-0.25, -0.2) is 0 Å². The summed E-state index contributed by atoms with van der Waals surface area (Å²) in [4.78, 5) is 17.4. The summed E-state index contributed by atoms with van der Waals surface area (Å²) in [6.07, 6.45) is 2.87. The second kappa shape index (κ2) is 4.71. The second-order valence-electron chi connectivity index (χ2n) is 4.37. The third-order valence-electron chi connectivity index (χ3n) is 3.11. The number of amides is 1. The molecule has 2 heterocycles. The molecule has 1 fully saturated rings. The fraction of sp³-hybridized carbons (Fsp3) is 0.500. The van der Waals surface area contributed by atoms with E-state index in [1.54, 1.807) is 19.2 Å². The first-order chi connectivity index (χ1) is 8.09. The molecule has 1 unspecified atom stereocenters. The topological polar surface area (TPSA) is 79.5 Å². The zero-order chi connectivity index (χ0) is 12.4. The number of aliphatic hydroxyl groups excluding tert-OH is 1. The SMILES string of the molecule is C[C@@H](O)c1ccc(N2CCCC2C(N)=O)cn1. The number of pyridine rings is 1. The summed E-state index contributed by atoms with van der Waals surface area (Å²) in [5.41, 5.74) is 6.88. The molecule has 0 aliphatic carbocycles. The molecule has 1 aliphatic rings. The van der Waals surface area contributed by atoms with Gasteiger partial charge in [-0.2, -0.15) is 0 Å². The van der Waals surface area contributed by atoms with Crippen LogP contribution in [0.1, 0.15) is 31.6 Å². The summed E-state index contributed by atoms with van der Waals surface area (Å²) in [6, 6.07) is 3.42. The first-order valence-electron chi connectivity index (χ1n) is 5.79. The van der Waals surface area contributed by atoms with Crippen LogP contribution in [-0.2, 0) is 4.79 Å². The Kier molecular flexibility index (Phi) is 3.28. The molecule has 0 spiro atoms. The van der Waals surface area contributed by atoms with E-state index in [0.717, 1.165) is 25.1 Å². The number of hydrogen-bond acceptors (Lipinski definition) is 4. The number of nitrogens with two attached hydrogens (primary N) is 1. The standard InChI is InChI=1S/C12H17N3O2/c1-8(16)10-5-4-9(7-14-10)15-6-2-3-11(15)12(13)17/h4-5,7-8,11,16H,2-3,6H2,1H3,(H2,13,17)/t8-,11?/m1/s1. The highest BCUT2D eigenvalue weighted by molar-refractivity contribution is 5.84. The molecule has 1 aromatic rings. The van der Waals surface area contributed by atoms with Crippen molar-refractivity contribution < 1.29 is 9.90 Å². The van der Waals surface area contributed by atoms with Crippen LogP contribution < -0.4 is 10.6 Å². The maximum atomic E-state index is 11.3. The van der Waals surface area contributed by atoms with Crippen LogP contribution in [0.4, 0.5) is 5.69 Å². The molecule has 1 aromatic heterocycles. The van der Waals surface area contributed by atoms with Crippen molar-refractivity contribution in [3.05, 3.63) is 24.0 Å². The zero-order valence-electron chi connectivity index (χ0n) is 9.84. The van der Waals surface area contributed by atoms with E-state index in [1.807, 2.05) is 11.0 Å². The highest BCUT2D eigenvalue weighted by Gasteiger charge is 2.29. The number of nitrogens with zero attached hydrogens (tertiary/aromatic N) is 2. The van der Waals surface area contributed by atoms with Crippen molar-refractivity contribution in [3.8, 4) is 0 Å². The van der Waals surface area contributed by atoms with Gasteiger partial charge in [0, 0.05) is 6.54 Å². The van der Waals surface area contributed by atoms with Crippen LogP contribution in [0.2, 0.25) is 0 Å². The molecule has 2 rings (SSSR count). The fourth-order valence-electron chi connectivity index (χ4n) is 2.19. The predicted molar refractivity (Wildman–Crippen MR) is 64.4 cm³/mol. The van der Waals surface area contributed by atoms with Crippen molar-refractivity contribution in [1.82, 2.24) is 4.98 Å². The summed E-state index contributed by atoms with van der Waals surface area (Å²) >= 11 is 0. The van der Waals surface area contributed by atoms with Gasteiger partial charge in [0.1, 0.15) is 6.04 Å². The molecule has 1 amide bonds. The van der Waals surface area contributed by atoms with Gasteiger partial charge in [-0.3, -0.25) is 9.78 Å². The Morgan fingerprint density at radius 1 is 1.65 bits per heavy atom. The molecule has 1 aliphatic heterocycles. The lowest BCUT2D eigenvalue weighted by Crippen LogP contribution is -2.40. The number of carbonyl (C=O) groups is 1. The molecule has 0 saturated carbocycles. The average molecular weight is 235 g/mol. The van der Waals surface area contributed by atoms with Crippen molar-refractivity contribution in [1.29, 1.82) is 0 Å². The Labute approximate surface area is 100 Å². The molecule has 92 valence electrons. The van der Waals surface area contributed by atoms with Gasteiger partial charge in [-0.05, 0) is 31.9 Å². The highest BCUT2D eigenvalue weighted by Crippen LogP contribution is 2.25. The van der Waals surface area contributed by atoms with Gasteiger partial charge in [0.05, 0.1) is 23.7 Å². The smallest absolute Gasteiger partial charge is 0.240 e. The Bertz CT molecular complexity index is 403. The summed E-state index contributed by atoms with van der Waals surface area (Å²) in [7, 11) is 0. The third kappa shape index (κ3) is 2.39. The van der Waals surface area contributed by atoms with Crippen LogP contribution in [-0.4, -0.2) is 28.6 Å². The predicted octanol–water partition coefficient (Wildman–Crippen LogP) is 0.589. The maximum absolute atomic E-state index is 11.3. The number of aliphatic hydroxyl groups is 1. The first-order valence-corrected chi connectivity index (χ1v) is 5.79. The van der Waals surface area contributed by atoms with E-state index in [0.29, 0.717) is 5.69 Å². The van der Waals surface area contributed by atoms with E-state index in [9.17, 15) is 9.90 Å². The Morgan fingerprint density at radius 3 is 2.94 bits per heavy atom. The summed E-state index contributed by atoms with van der Waals surface area (Å²) in [6.45, 7) is 2.49. The van der Waals surface area contributed by atoms with Gasteiger partial charge in [-0.1, -0.05) is 0 Å². The molecule has 2 atom stereocenters.